The summed E-state index contributed by atoms with van der Waals surface area (Å²) in [7, 11) is -1.91. The topological polar surface area (TPSA) is 9.23 Å². The summed E-state index contributed by atoms with van der Waals surface area (Å²) in [6, 6.07) is 6.42. The van der Waals surface area contributed by atoms with E-state index in [1.54, 1.807) is 12.1 Å². The molecule has 0 aliphatic heterocycles. The van der Waals surface area contributed by atoms with Gasteiger partial charge in [-0.05, 0) is 40.9 Å². The van der Waals surface area contributed by atoms with Crippen LogP contribution in [0.4, 0.5) is 4.39 Å². The smallest absolute Gasteiger partial charge is 0.258 e. The Morgan fingerprint density at radius 2 is 1.22 bits per heavy atom. The molecular formula is C15H25FOSi. The minimum atomic E-state index is -1.91. The Hall–Kier alpha value is -0.833. The van der Waals surface area contributed by atoms with Crippen molar-refractivity contribution in [3.05, 3.63) is 30.1 Å². The summed E-state index contributed by atoms with van der Waals surface area (Å²) < 4.78 is 19.4. The van der Waals surface area contributed by atoms with Gasteiger partial charge >= 0.3 is 0 Å². The van der Waals surface area contributed by atoms with Crippen LogP contribution < -0.4 is 4.43 Å². The normalized spacial score (nSPS) is 12.6. The number of hydrogen-bond donors (Lipinski definition) is 0. The molecule has 0 aliphatic carbocycles. The zero-order valence-electron chi connectivity index (χ0n) is 12.3. The molecular weight excluding hydrogens is 243 g/mol. The molecule has 0 spiro atoms. The van der Waals surface area contributed by atoms with E-state index in [9.17, 15) is 4.39 Å². The van der Waals surface area contributed by atoms with Gasteiger partial charge in [-0.3, -0.25) is 0 Å². The van der Waals surface area contributed by atoms with Crippen LogP contribution >= 0.6 is 0 Å². The Morgan fingerprint density at radius 3 is 1.56 bits per heavy atom. The molecule has 0 bridgehead atoms. The molecule has 1 aromatic carbocycles. The minimum absolute atomic E-state index is 0.215. The third-order valence-electron chi connectivity index (χ3n) is 3.82. The summed E-state index contributed by atoms with van der Waals surface area (Å²) in [5.74, 6) is 0.590. The Morgan fingerprint density at radius 1 is 0.833 bits per heavy atom. The summed E-state index contributed by atoms with van der Waals surface area (Å²) in [5.41, 5.74) is 1.59. The van der Waals surface area contributed by atoms with Crippen LogP contribution in [0.15, 0.2) is 24.3 Å². The second kappa shape index (κ2) is 5.87. The van der Waals surface area contributed by atoms with Gasteiger partial charge in [-0.25, -0.2) is 4.39 Å². The van der Waals surface area contributed by atoms with Crippen molar-refractivity contribution in [3.8, 4) is 5.75 Å². The number of benzene rings is 1. The molecule has 0 atom stereocenters. The van der Waals surface area contributed by atoms with Crippen LogP contribution in [0.3, 0.4) is 0 Å². The molecule has 1 rings (SSSR count). The van der Waals surface area contributed by atoms with Crippen LogP contribution in [0.5, 0.6) is 5.75 Å². The van der Waals surface area contributed by atoms with Gasteiger partial charge in [-0.1, -0.05) is 41.5 Å². The molecule has 0 heterocycles. The van der Waals surface area contributed by atoms with Crippen molar-refractivity contribution < 1.29 is 8.82 Å². The zero-order chi connectivity index (χ0) is 13.9. The number of halogens is 1. The average molecular weight is 268 g/mol. The van der Waals surface area contributed by atoms with Crippen LogP contribution in [-0.4, -0.2) is 8.32 Å². The predicted molar refractivity (Wildman–Crippen MR) is 78.1 cm³/mol. The van der Waals surface area contributed by atoms with E-state index in [0.29, 0.717) is 16.6 Å². The van der Waals surface area contributed by atoms with Gasteiger partial charge in [0.05, 0.1) is 0 Å². The molecule has 0 aromatic heterocycles. The predicted octanol–water partition coefficient (Wildman–Crippen LogP) is 5.38. The highest BCUT2D eigenvalue weighted by atomic mass is 28.4. The van der Waals surface area contributed by atoms with E-state index in [0.717, 1.165) is 5.75 Å². The van der Waals surface area contributed by atoms with Crippen molar-refractivity contribution in [3.63, 3.8) is 0 Å². The molecule has 0 N–H and O–H groups in total. The van der Waals surface area contributed by atoms with Gasteiger partial charge in [0.1, 0.15) is 11.6 Å². The summed E-state index contributed by atoms with van der Waals surface area (Å²) in [6.07, 6.45) is 0. The second-order valence-electron chi connectivity index (χ2n) is 5.87. The average Bonchev–Trinajstić information content (AvgIpc) is 2.26. The Bertz CT molecular complexity index is 349. The molecule has 0 unspecified atom stereocenters. The van der Waals surface area contributed by atoms with Crippen molar-refractivity contribution in [2.75, 3.05) is 0 Å². The summed E-state index contributed by atoms with van der Waals surface area (Å²) in [6.45, 7) is 13.5. The van der Waals surface area contributed by atoms with E-state index in [-0.39, 0.29) is 5.82 Å². The lowest BCUT2D eigenvalue weighted by atomic mass is 10.3. The summed E-state index contributed by atoms with van der Waals surface area (Å²) >= 11 is 0. The van der Waals surface area contributed by atoms with Gasteiger partial charge in [0, 0.05) is 0 Å². The monoisotopic (exact) mass is 268 g/mol. The van der Waals surface area contributed by atoms with Crippen molar-refractivity contribution in [2.24, 2.45) is 0 Å². The van der Waals surface area contributed by atoms with Crippen LogP contribution in [0.2, 0.25) is 16.6 Å². The van der Waals surface area contributed by atoms with Gasteiger partial charge in [-0.15, -0.1) is 0 Å². The Kier molecular flexibility index (Phi) is 4.97. The minimum Gasteiger partial charge on any atom is -0.543 e. The van der Waals surface area contributed by atoms with Crippen LogP contribution in [-0.2, 0) is 0 Å². The molecule has 0 radical (unpaired) electrons. The lowest BCUT2D eigenvalue weighted by Gasteiger charge is -2.42. The van der Waals surface area contributed by atoms with E-state index in [1.165, 1.54) is 12.1 Å². The summed E-state index contributed by atoms with van der Waals surface area (Å²) in [4.78, 5) is 0. The maximum absolute atomic E-state index is 13.0. The first kappa shape index (κ1) is 15.2. The molecule has 1 aromatic rings. The fourth-order valence-corrected chi connectivity index (χ4v) is 8.31. The fourth-order valence-electron chi connectivity index (χ4n) is 3.06. The highest BCUT2D eigenvalue weighted by molar-refractivity contribution is 6.78. The van der Waals surface area contributed by atoms with Crippen molar-refractivity contribution >= 4 is 8.32 Å². The standard InChI is InChI=1S/C15H25FOSi/c1-11(2)18(12(3)4,13(5)6)17-15-9-7-14(16)8-10-15/h7-13H,1-6H3. The first-order valence-corrected chi connectivity index (χ1v) is 8.89. The molecule has 0 saturated heterocycles. The molecule has 0 amide bonds. The molecule has 3 heteroatoms. The molecule has 18 heavy (non-hydrogen) atoms. The first-order chi connectivity index (χ1) is 8.30. The van der Waals surface area contributed by atoms with Crippen molar-refractivity contribution in [1.82, 2.24) is 0 Å². The third kappa shape index (κ3) is 2.94. The molecule has 102 valence electrons. The SMILES string of the molecule is CC(C)[Si](Oc1ccc(F)cc1)(C(C)C)C(C)C. The number of rotatable bonds is 5. The Balaban J connectivity index is 3.08. The summed E-state index contributed by atoms with van der Waals surface area (Å²) in [5, 5.41) is 0. The van der Waals surface area contributed by atoms with Gasteiger partial charge < -0.3 is 4.43 Å². The second-order valence-corrected chi connectivity index (χ2v) is 11.2. The fraction of sp³-hybridized carbons (Fsp3) is 0.600. The van der Waals surface area contributed by atoms with Gasteiger partial charge in [-0.2, -0.15) is 0 Å². The first-order valence-electron chi connectivity index (χ1n) is 6.75. The maximum Gasteiger partial charge on any atom is 0.258 e. The highest BCUT2D eigenvalue weighted by Crippen LogP contribution is 2.42. The molecule has 0 aliphatic rings. The third-order valence-corrected chi connectivity index (χ3v) is 9.82. The van der Waals surface area contributed by atoms with Crippen molar-refractivity contribution in [2.45, 2.75) is 58.2 Å². The maximum atomic E-state index is 13.0. The highest BCUT2D eigenvalue weighted by Gasteiger charge is 2.46. The zero-order valence-corrected chi connectivity index (χ0v) is 13.3. The van der Waals surface area contributed by atoms with Gasteiger partial charge in [0.25, 0.3) is 8.32 Å². The van der Waals surface area contributed by atoms with Crippen molar-refractivity contribution in [1.29, 1.82) is 0 Å². The van der Waals surface area contributed by atoms with Gasteiger partial charge in [0.15, 0.2) is 0 Å². The molecule has 0 saturated carbocycles. The number of hydrogen-bond acceptors (Lipinski definition) is 1. The largest absolute Gasteiger partial charge is 0.543 e. The van der Waals surface area contributed by atoms with E-state index in [1.807, 2.05) is 0 Å². The van der Waals surface area contributed by atoms with E-state index < -0.39 is 8.32 Å². The lowest BCUT2D eigenvalue weighted by molar-refractivity contribution is 0.478. The van der Waals surface area contributed by atoms with Crippen LogP contribution in [0.1, 0.15) is 41.5 Å². The van der Waals surface area contributed by atoms with Crippen LogP contribution in [0.25, 0.3) is 0 Å². The Labute approximate surface area is 111 Å². The molecule has 1 nitrogen and oxygen atoms in total. The van der Waals surface area contributed by atoms with Gasteiger partial charge in [0.2, 0.25) is 0 Å². The van der Waals surface area contributed by atoms with E-state index in [2.05, 4.69) is 41.5 Å². The van der Waals surface area contributed by atoms with Crippen LogP contribution in [0, 0.1) is 5.82 Å². The quantitative estimate of drug-likeness (QED) is 0.651. The lowest BCUT2D eigenvalue weighted by Crippen LogP contribution is -2.50. The van der Waals surface area contributed by atoms with E-state index >= 15 is 0 Å². The van der Waals surface area contributed by atoms with E-state index in [4.69, 9.17) is 4.43 Å². The molecule has 0 fully saturated rings.